The van der Waals surface area contributed by atoms with E-state index in [9.17, 15) is 4.39 Å². The molecule has 0 atom stereocenters. The van der Waals surface area contributed by atoms with Crippen LogP contribution < -0.4 is 11.1 Å². The minimum Gasteiger partial charge on any atom is -0.389 e. The fraction of sp³-hybridized carbons (Fsp3) is 0.0714. The van der Waals surface area contributed by atoms with Crippen molar-refractivity contribution in [2.45, 2.75) is 6.92 Å². The molecule has 5 heteroatoms. The number of hydrogen-bond donors (Lipinski definition) is 2. The predicted octanol–water partition coefficient (Wildman–Crippen LogP) is 4.17. The first-order valence-corrected chi connectivity index (χ1v) is 6.38. The maximum Gasteiger partial charge on any atom is 0.135 e. The SMILES string of the molecule is Cc1ccc(Cl)cc1Nc1ccc(C(N)=S)c(F)c1. The molecule has 0 saturated carbocycles. The first-order valence-electron chi connectivity index (χ1n) is 5.60. The van der Waals surface area contributed by atoms with E-state index in [0.717, 1.165) is 11.3 Å². The van der Waals surface area contributed by atoms with Gasteiger partial charge in [0.1, 0.15) is 10.8 Å². The largest absolute Gasteiger partial charge is 0.389 e. The third-order valence-corrected chi connectivity index (χ3v) is 3.17. The van der Waals surface area contributed by atoms with Gasteiger partial charge < -0.3 is 11.1 Å². The molecule has 0 heterocycles. The van der Waals surface area contributed by atoms with Crippen molar-refractivity contribution in [1.82, 2.24) is 0 Å². The normalized spacial score (nSPS) is 10.3. The zero-order chi connectivity index (χ0) is 14.0. The molecule has 0 unspecified atom stereocenters. The molecular weight excluding hydrogens is 283 g/mol. The van der Waals surface area contributed by atoms with Gasteiger partial charge in [-0.3, -0.25) is 0 Å². The van der Waals surface area contributed by atoms with Gasteiger partial charge in [-0.25, -0.2) is 4.39 Å². The highest BCUT2D eigenvalue weighted by Gasteiger charge is 2.07. The van der Waals surface area contributed by atoms with Crippen molar-refractivity contribution in [1.29, 1.82) is 0 Å². The summed E-state index contributed by atoms with van der Waals surface area (Å²) in [5.41, 5.74) is 8.11. The molecule has 0 aliphatic rings. The van der Waals surface area contributed by atoms with Gasteiger partial charge >= 0.3 is 0 Å². The van der Waals surface area contributed by atoms with Gasteiger partial charge in [-0.05, 0) is 42.8 Å². The van der Waals surface area contributed by atoms with E-state index in [0.29, 0.717) is 10.7 Å². The van der Waals surface area contributed by atoms with E-state index in [1.54, 1.807) is 24.3 Å². The summed E-state index contributed by atoms with van der Waals surface area (Å²) in [6.45, 7) is 1.94. The van der Waals surface area contributed by atoms with Crippen LogP contribution in [-0.2, 0) is 0 Å². The molecule has 0 saturated heterocycles. The molecule has 0 aromatic heterocycles. The molecule has 0 bridgehead atoms. The van der Waals surface area contributed by atoms with Gasteiger partial charge in [0.15, 0.2) is 0 Å². The van der Waals surface area contributed by atoms with E-state index < -0.39 is 5.82 Å². The Bertz CT molecular complexity index is 643. The Labute approximate surface area is 121 Å². The lowest BCUT2D eigenvalue weighted by atomic mass is 10.1. The van der Waals surface area contributed by atoms with Gasteiger partial charge in [-0.15, -0.1) is 0 Å². The third-order valence-electron chi connectivity index (χ3n) is 2.71. The summed E-state index contributed by atoms with van der Waals surface area (Å²) in [5, 5.41) is 3.73. The molecule has 0 aliphatic carbocycles. The highest BCUT2D eigenvalue weighted by molar-refractivity contribution is 7.80. The van der Waals surface area contributed by atoms with Crippen LogP contribution in [-0.4, -0.2) is 4.99 Å². The quantitative estimate of drug-likeness (QED) is 0.835. The molecule has 2 rings (SSSR count). The number of nitrogens with one attached hydrogen (secondary N) is 1. The predicted molar refractivity (Wildman–Crippen MR) is 81.8 cm³/mol. The van der Waals surface area contributed by atoms with Gasteiger partial charge in [0, 0.05) is 22.0 Å². The number of aryl methyl sites for hydroxylation is 1. The van der Waals surface area contributed by atoms with E-state index >= 15 is 0 Å². The highest BCUT2D eigenvalue weighted by Crippen LogP contribution is 2.25. The van der Waals surface area contributed by atoms with Gasteiger partial charge in [0.25, 0.3) is 0 Å². The van der Waals surface area contributed by atoms with Crippen LogP contribution in [0.25, 0.3) is 0 Å². The summed E-state index contributed by atoms with van der Waals surface area (Å²) in [7, 11) is 0. The Kier molecular flexibility index (Phi) is 4.02. The van der Waals surface area contributed by atoms with Gasteiger partial charge in [0.05, 0.1) is 0 Å². The molecule has 0 amide bonds. The molecule has 98 valence electrons. The van der Waals surface area contributed by atoms with Crippen LogP contribution in [0.5, 0.6) is 0 Å². The first kappa shape index (κ1) is 13.8. The van der Waals surface area contributed by atoms with Crippen LogP contribution in [0, 0.1) is 12.7 Å². The average Bonchev–Trinajstić information content (AvgIpc) is 2.33. The van der Waals surface area contributed by atoms with Crippen LogP contribution in [0.15, 0.2) is 36.4 Å². The monoisotopic (exact) mass is 294 g/mol. The molecule has 2 aromatic rings. The Hall–Kier alpha value is -1.65. The molecule has 0 radical (unpaired) electrons. The van der Waals surface area contributed by atoms with E-state index in [1.165, 1.54) is 6.07 Å². The number of rotatable bonds is 3. The summed E-state index contributed by atoms with van der Waals surface area (Å²) >= 11 is 10.7. The summed E-state index contributed by atoms with van der Waals surface area (Å²) in [6, 6.07) is 10.1. The smallest absolute Gasteiger partial charge is 0.135 e. The Morgan fingerprint density at radius 2 is 2.00 bits per heavy atom. The molecule has 0 fully saturated rings. The summed E-state index contributed by atoms with van der Waals surface area (Å²) in [4.78, 5) is 0.0444. The molecule has 0 spiro atoms. The van der Waals surface area contributed by atoms with Crippen LogP contribution in [0.3, 0.4) is 0 Å². The molecule has 2 aromatic carbocycles. The Balaban J connectivity index is 2.31. The van der Waals surface area contributed by atoms with Crippen LogP contribution in [0.4, 0.5) is 15.8 Å². The standard InChI is InChI=1S/C14H12ClFN2S/c1-8-2-3-9(15)6-13(8)18-10-4-5-11(14(17)19)12(16)7-10/h2-7,18H,1H3,(H2,17,19). The summed E-state index contributed by atoms with van der Waals surface area (Å²) < 4.78 is 13.7. The maximum absolute atomic E-state index is 13.7. The fourth-order valence-electron chi connectivity index (χ4n) is 1.68. The lowest BCUT2D eigenvalue weighted by Gasteiger charge is -2.11. The van der Waals surface area contributed by atoms with Crippen LogP contribution in [0.1, 0.15) is 11.1 Å². The van der Waals surface area contributed by atoms with Crippen LogP contribution >= 0.6 is 23.8 Å². The molecule has 19 heavy (non-hydrogen) atoms. The van der Waals surface area contributed by atoms with Gasteiger partial charge in [0.2, 0.25) is 0 Å². The topological polar surface area (TPSA) is 38.0 Å². The second kappa shape index (κ2) is 5.55. The molecule has 2 nitrogen and oxygen atoms in total. The van der Waals surface area contributed by atoms with Crippen molar-refractivity contribution in [3.63, 3.8) is 0 Å². The number of halogens is 2. The van der Waals surface area contributed by atoms with Gasteiger partial charge in [-0.2, -0.15) is 0 Å². The number of anilines is 2. The lowest BCUT2D eigenvalue weighted by molar-refractivity contribution is 0.626. The van der Waals surface area contributed by atoms with Crippen molar-refractivity contribution in [3.05, 3.63) is 58.4 Å². The van der Waals surface area contributed by atoms with E-state index in [2.05, 4.69) is 5.32 Å². The second-order valence-corrected chi connectivity index (χ2v) is 5.02. The number of benzene rings is 2. The molecule has 0 aliphatic heterocycles. The van der Waals surface area contributed by atoms with Crippen LogP contribution in [0.2, 0.25) is 5.02 Å². The molecule has 3 N–H and O–H groups in total. The lowest BCUT2D eigenvalue weighted by Crippen LogP contribution is -2.11. The van der Waals surface area contributed by atoms with E-state index in [-0.39, 0.29) is 10.6 Å². The van der Waals surface area contributed by atoms with Crippen molar-refractivity contribution in [2.24, 2.45) is 5.73 Å². The Morgan fingerprint density at radius 1 is 1.26 bits per heavy atom. The van der Waals surface area contributed by atoms with E-state index in [4.69, 9.17) is 29.6 Å². The minimum atomic E-state index is -0.447. The second-order valence-electron chi connectivity index (χ2n) is 4.14. The number of thiocarbonyl (C=S) groups is 1. The van der Waals surface area contributed by atoms with Crippen molar-refractivity contribution in [3.8, 4) is 0 Å². The maximum atomic E-state index is 13.7. The zero-order valence-corrected chi connectivity index (χ0v) is 11.8. The molecular formula is C14H12ClFN2S. The minimum absolute atomic E-state index is 0.0444. The zero-order valence-electron chi connectivity index (χ0n) is 10.2. The van der Waals surface area contributed by atoms with Crippen molar-refractivity contribution < 1.29 is 4.39 Å². The van der Waals surface area contributed by atoms with E-state index in [1.807, 2.05) is 13.0 Å². The Morgan fingerprint density at radius 3 is 2.63 bits per heavy atom. The van der Waals surface area contributed by atoms with Crippen molar-refractivity contribution in [2.75, 3.05) is 5.32 Å². The summed E-state index contributed by atoms with van der Waals surface area (Å²) in [5.74, 6) is -0.447. The first-order chi connectivity index (χ1) is 8.97. The highest BCUT2D eigenvalue weighted by atomic mass is 35.5. The fourth-order valence-corrected chi connectivity index (χ4v) is 2.01. The third kappa shape index (κ3) is 3.22. The van der Waals surface area contributed by atoms with Crippen molar-refractivity contribution >= 4 is 40.2 Å². The summed E-state index contributed by atoms with van der Waals surface area (Å²) in [6.07, 6.45) is 0. The number of nitrogens with two attached hydrogens (primary N) is 1. The average molecular weight is 295 g/mol. The van der Waals surface area contributed by atoms with Gasteiger partial charge in [-0.1, -0.05) is 29.9 Å². The number of hydrogen-bond acceptors (Lipinski definition) is 2.